The van der Waals surface area contributed by atoms with E-state index in [1.54, 1.807) is 12.0 Å². The van der Waals surface area contributed by atoms with Gasteiger partial charge in [0, 0.05) is 45.8 Å². The van der Waals surface area contributed by atoms with Crippen molar-refractivity contribution in [2.75, 3.05) is 37.9 Å². The third-order valence-corrected chi connectivity index (χ3v) is 3.38. The fourth-order valence-corrected chi connectivity index (χ4v) is 2.38. The molecule has 0 saturated carbocycles. The number of aromatic nitrogens is 2. The molecule has 1 aliphatic rings. The molecule has 1 saturated heterocycles. The van der Waals surface area contributed by atoms with E-state index in [0.717, 1.165) is 24.6 Å². The van der Waals surface area contributed by atoms with Crippen LogP contribution < -0.4 is 10.6 Å². The number of carbonyl (C=O) groups is 1. The number of likely N-dealkylation sites (N-methyl/N-ethyl adjacent to an activating group) is 1. The molecule has 2 heterocycles. The van der Waals surface area contributed by atoms with Gasteiger partial charge in [-0.1, -0.05) is 0 Å². The van der Waals surface area contributed by atoms with Crippen molar-refractivity contribution >= 4 is 17.5 Å². The van der Waals surface area contributed by atoms with Gasteiger partial charge >= 0.3 is 0 Å². The monoisotopic (exact) mass is 293 g/mol. The third kappa shape index (κ3) is 4.29. The van der Waals surface area contributed by atoms with E-state index in [-0.39, 0.29) is 11.9 Å². The van der Waals surface area contributed by atoms with Gasteiger partial charge in [-0.2, -0.15) is 0 Å². The number of anilines is 2. The van der Waals surface area contributed by atoms with Crippen molar-refractivity contribution < 1.29 is 9.53 Å². The average molecular weight is 293 g/mol. The second-order valence-corrected chi connectivity index (χ2v) is 5.17. The predicted molar refractivity (Wildman–Crippen MR) is 81.2 cm³/mol. The van der Waals surface area contributed by atoms with E-state index in [9.17, 15) is 4.79 Å². The van der Waals surface area contributed by atoms with Crippen molar-refractivity contribution in [3.05, 3.63) is 11.9 Å². The molecule has 1 atom stereocenters. The second kappa shape index (κ2) is 7.21. The number of hydrogen-bond acceptors (Lipinski definition) is 6. The van der Waals surface area contributed by atoms with E-state index >= 15 is 0 Å². The smallest absolute Gasteiger partial charge is 0.222 e. The molecule has 0 bridgehead atoms. The number of methoxy groups -OCH3 is 1. The van der Waals surface area contributed by atoms with Crippen LogP contribution in [-0.4, -0.2) is 54.1 Å². The van der Waals surface area contributed by atoms with Gasteiger partial charge in [0.2, 0.25) is 5.91 Å². The fraction of sp³-hybridized carbons (Fsp3) is 0.643. The number of nitrogens with one attached hydrogen (secondary N) is 2. The highest BCUT2D eigenvalue weighted by Crippen LogP contribution is 2.17. The largest absolute Gasteiger partial charge is 0.377 e. The van der Waals surface area contributed by atoms with E-state index in [4.69, 9.17) is 4.74 Å². The lowest BCUT2D eigenvalue weighted by molar-refractivity contribution is -0.132. The molecule has 1 aliphatic heterocycles. The highest BCUT2D eigenvalue weighted by atomic mass is 16.5. The lowest BCUT2D eigenvalue weighted by atomic mass is 10.1. The van der Waals surface area contributed by atoms with Gasteiger partial charge in [0.15, 0.2) is 5.82 Å². The zero-order valence-corrected chi connectivity index (χ0v) is 12.8. The number of nitrogens with zero attached hydrogens (tertiary/aromatic N) is 3. The standard InChI is InChI=1S/C14H23N5O2/c1-4-15-11-7-12(18-13(17-11)9-21-3)16-10-5-6-14(20)19(2)8-10/h7,10H,4-6,8-9H2,1-3H3,(H2,15,16,17,18). The SMILES string of the molecule is CCNc1cc(NC2CCC(=O)N(C)C2)nc(COC)n1. The Kier molecular flexibility index (Phi) is 5.32. The maximum atomic E-state index is 11.5. The van der Waals surface area contributed by atoms with Gasteiger partial charge in [-0.3, -0.25) is 4.79 Å². The summed E-state index contributed by atoms with van der Waals surface area (Å²) in [7, 11) is 3.45. The summed E-state index contributed by atoms with van der Waals surface area (Å²) in [6.45, 7) is 3.88. The Morgan fingerprint density at radius 1 is 1.43 bits per heavy atom. The molecule has 21 heavy (non-hydrogen) atoms. The zero-order chi connectivity index (χ0) is 15.2. The molecule has 7 heteroatoms. The number of ether oxygens (including phenoxy) is 1. The first-order chi connectivity index (χ1) is 10.1. The second-order valence-electron chi connectivity index (χ2n) is 5.17. The molecule has 7 nitrogen and oxygen atoms in total. The van der Waals surface area contributed by atoms with Gasteiger partial charge in [-0.05, 0) is 13.3 Å². The van der Waals surface area contributed by atoms with Crippen LogP contribution in [0.15, 0.2) is 6.07 Å². The van der Waals surface area contributed by atoms with Crippen LogP contribution in [0.2, 0.25) is 0 Å². The molecule has 0 aromatic carbocycles. The number of piperidine rings is 1. The summed E-state index contributed by atoms with van der Waals surface area (Å²) in [6, 6.07) is 2.10. The maximum Gasteiger partial charge on any atom is 0.222 e. The first kappa shape index (κ1) is 15.5. The molecular formula is C14H23N5O2. The minimum Gasteiger partial charge on any atom is -0.377 e. The summed E-state index contributed by atoms with van der Waals surface area (Å²) in [5.41, 5.74) is 0. The van der Waals surface area contributed by atoms with Crippen molar-refractivity contribution in [1.82, 2.24) is 14.9 Å². The molecule has 116 valence electrons. The average Bonchev–Trinajstić information content (AvgIpc) is 2.43. The maximum absolute atomic E-state index is 11.5. The molecule has 1 fully saturated rings. The fourth-order valence-electron chi connectivity index (χ4n) is 2.38. The van der Waals surface area contributed by atoms with Gasteiger partial charge in [0.25, 0.3) is 0 Å². The molecule has 0 spiro atoms. The van der Waals surface area contributed by atoms with E-state index < -0.39 is 0 Å². The Balaban J connectivity index is 2.09. The normalized spacial score (nSPS) is 18.7. The number of amides is 1. The first-order valence-electron chi connectivity index (χ1n) is 7.23. The van der Waals surface area contributed by atoms with Gasteiger partial charge in [0.05, 0.1) is 0 Å². The van der Waals surface area contributed by atoms with E-state index in [2.05, 4.69) is 20.6 Å². The Bertz CT molecular complexity index is 470. The first-order valence-corrected chi connectivity index (χ1v) is 7.23. The Morgan fingerprint density at radius 2 is 2.19 bits per heavy atom. The highest BCUT2D eigenvalue weighted by Gasteiger charge is 2.23. The van der Waals surface area contributed by atoms with Gasteiger partial charge in [0.1, 0.15) is 18.2 Å². The summed E-state index contributed by atoms with van der Waals surface area (Å²) in [5, 5.41) is 6.58. The number of carbonyl (C=O) groups excluding carboxylic acids is 1. The molecule has 0 aliphatic carbocycles. The van der Waals surface area contributed by atoms with Crippen LogP contribution in [0, 0.1) is 0 Å². The van der Waals surface area contributed by atoms with Crippen LogP contribution in [0.3, 0.4) is 0 Å². The highest BCUT2D eigenvalue weighted by molar-refractivity contribution is 5.77. The van der Waals surface area contributed by atoms with Crippen LogP contribution in [0.25, 0.3) is 0 Å². The predicted octanol–water partition coefficient (Wildman–Crippen LogP) is 1.09. The molecule has 1 aromatic heterocycles. The molecular weight excluding hydrogens is 270 g/mol. The summed E-state index contributed by atoms with van der Waals surface area (Å²) in [6.07, 6.45) is 1.40. The lowest BCUT2D eigenvalue weighted by Crippen LogP contribution is -2.43. The van der Waals surface area contributed by atoms with Crippen molar-refractivity contribution in [2.45, 2.75) is 32.4 Å². The van der Waals surface area contributed by atoms with E-state index in [0.29, 0.717) is 25.4 Å². The van der Waals surface area contributed by atoms with Gasteiger partial charge < -0.3 is 20.3 Å². The van der Waals surface area contributed by atoms with Gasteiger partial charge in [-0.15, -0.1) is 0 Å². The molecule has 2 rings (SSSR count). The molecule has 0 radical (unpaired) electrons. The zero-order valence-electron chi connectivity index (χ0n) is 12.8. The van der Waals surface area contributed by atoms with Crippen LogP contribution in [-0.2, 0) is 16.1 Å². The lowest BCUT2D eigenvalue weighted by Gasteiger charge is -2.30. The van der Waals surface area contributed by atoms with Crippen molar-refractivity contribution in [3.63, 3.8) is 0 Å². The minimum absolute atomic E-state index is 0.198. The van der Waals surface area contributed by atoms with Crippen LogP contribution in [0.4, 0.5) is 11.6 Å². The van der Waals surface area contributed by atoms with Crippen molar-refractivity contribution in [3.8, 4) is 0 Å². The van der Waals surface area contributed by atoms with Crippen molar-refractivity contribution in [1.29, 1.82) is 0 Å². The minimum atomic E-state index is 0.198. The molecule has 1 aromatic rings. The van der Waals surface area contributed by atoms with E-state index in [1.165, 1.54) is 0 Å². The number of likely N-dealkylation sites (tertiary alicyclic amines) is 1. The summed E-state index contributed by atoms with van der Waals surface area (Å²) in [4.78, 5) is 22.1. The Morgan fingerprint density at radius 3 is 2.86 bits per heavy atom. The van der Waals surface area contributed by atoms with Gasteiger partial charge in [-0.25, -0.2) is 9.97 Å². The molecule has 1 unspecified atom stereocenters. The summed E-state index contributed by atoms with van der Waals surface area (Å²) in [5.74, 6) is 2.38. The molecule has 1 amide bonds. The molecule has 2 N–H and O–H groups in total. The number of hydrogen-bond donors (Lipinski definition) is 2. The third-order valence-electron chi connectivity index (χ3n) is 3.38. The Labute approximate surface area is 125 Å². The van der Waals surface area contributed by atoms with Crippen LogP contribution >= 0.6 is 0 Å². The quantitative estimate of drug-likeness (QED) is 0.817. The van der Waals surface area contributed by atoms with Crippen molar-refractivity contribution in [2.24, 2.45) is 0 Å². The van der Waals surface area contributed by atoms with Crippen LogP contribution in [0.5, 0.6) is 0 Å². The summed E-state index contributed by atoms with van der Waals surface area (Å²) >= 11 is 0. The number of rotatable bonds is 6. The van der Waals surface area contributed by atoms with Crippen LogP contribution in [0.1, 0.15) is 25.6 Å². The Hall–Kier alpha value is -1.89. The van der Waals surface area contributed by atoms with E-state index in [1.807, 2.05) is 20.0 Å². The topological polar surface area (TPSA) is 79.4 Å². The summed E-state index contributed by atoms with van der Waals surface area (Å²) < 4.78 is 5.10.